The standard InChI is InChI=1S/C23H21Cl2NO3/c1-16-7-9-19(14-21(16)25)28-12-11-26-23(27)20-13-18(24)8-10-22(20)29-15-17-5-3-2-4-6-17/h2-10,13-14H,11-12,15H2,1H3,(H,26,27). The summed E-state index contributed by atoms with van der Waals surface area (Å²) in [6.07, 6.45) is 0. The van der Waals surface area contributed by atoms with E-state index in [-0.39, 0.29) is 5.91 Å². The van der Waals surface area contributed by atoms with Gasteiger partial charge in [-0.05, 0) is 48.4 Å². The number of aryl methyl sites for hydroxylation is 1. The second kappa shape index (κ2) is 10.2. The molecule has 3 rings (SSSR count). The van der Waals surface area contributed by atoms with E-state index < -0.39 is 0 Å². The summed E-state index contributed by atoms with van der Waals surface area (Å²) in [6, 6.07) is 20.2. The maximum atomic E-state index is 12.6. The Morgan fingerprint density at radius 3 is 2.52 bits per heavy atom. The summed E-state index contributed by atoms with van der Waals surface area (Å²) in [4.78, 5) is 12.6. The molecule has 0 aliphatic carbocycles. The third kappa shape index (κ3) is 6.14. The van der Waals surface area contributed by atoms with Crippen molar-refractivity contribution in [2.75, 3.05) is 13.2 Å². The molecule has 4 nitrogen and oxygen atoms in total. The number of ether oxygens (including phenoxy) is 2. The first-order valence-corrected chi connectivity index (χ1v) is 9.92. The van der Waals surface area contributed by atoms with E-state index in [9.17, 15) is 4.79 Å². The molecule has 6 heteroatoms. The van der Waals surface area contributed by atoms with Crippen LogP contribution in [0.1, 0.15) is 21.5 Å². The van der Waals surface area contributed by atoms with Crippen molar-refractivity contribution >= 4 is 29.1 Å². The Labute approximate surface area is 180 Å². The van der Waals surface area contributed by atoms with E-state index in [2.05, 4.69) is 5.32 Å². The molecule has 0 saturated heterocycles. The summed E-state index contributed by atoms with van der Waals surface area (Å²) in [7, 11) is 0. The van der Waals surface area contributed by atoms with Gasteiger partial charge in [0.05, 0.1) is 12.1 Å². The van der Waals surface area contributed by atoms with Crippen molar-refractivity contribution in [3.63, 3.8) is 0 Å². The zero-order chi connectivity index (χ0) is 20.6. The van der Waals surface area contributed by atoms with E-state index in [1.807, 2.05) is 49.4 Å². The smallest absolute Gasteiger partial charge is 0.255 e. The first kappa shape index (κ1) is 21.0. The molecule has 0 aliphatic heterocycles. The van der Waals surface area contributed by atoms with Crippen LogP contribution in [0, 0.1) is 6.92 Å². The van der Waals surface area contributed by atoms with Crippen LogP contribution < -0.4 is 14.8 Å². The SMILES string of the molecule is Cc1ccc(OCCNC(=O)c2cc(Cl)ccc2OCc2ccccc2)cc1Cl. The maximum absolute atomic E-state index is 12.6. The predicted molar refractivity (Wildman–Crippen MR) is 116 cm³/mol. The Balaban J connectivity index is 1.56. The number of carbonyl (C=O) groups is 1. The highest BCUT2D eigenvalue weighted by atomic mass is 35.5. The number of halogens is 2. The van der Waals surface area contributed by atoms with Gasteiger partial charge < -0.3 is 14.8 Å². The highest BCUT2D eigenvalue weighted by Gasteiger charge is 2.13. The molecule has 0 saturated carbocycles. The molecule has 0 spiro atoms. The van der Waals surface area contributed by atoms with Crippen LogP contribution in [0.15, 0.2) is 66.7 Å². The van der Waals surface area contributed by atoms with Gasteiger partial charge in [-0.2, -0.15) is 0 Å². The number of nitrogens with one attached hydrogen (secondary N) is 1. The first-order valence-electron chi connectivity index (χ1n) is 9.16. The van der Waals surface area contributed by atoms with Crippen molar-refractivity contribution in [3.8, 4) is 11.5 Å². The van der Waals surface area contributed by atoms with E-state index >= 15 is 0 Å². The third-order valence-corrected chi connectivity index (χ3v) is 4.87. The van der Waals surface area contributed by atoms with Crippen LogP contribution in [-0.2, 0) is 6.61 Å². The summed E-state index contributed by atoms with van der Waals surface area (Å²) in [6.45, 7) is 2.93. The Bertz CT molecular complexity index is 977. The fourth-order valence-corrected chi connectivity index (χ4v) is 2.98. The van der Waals surface area contributed by atoms with Gasteiger partial charge in [0.15, 0.2) is 0 Å². The Morgan fingerprint density at radius 1 is 0.966 bits per heavy atom. The molecule has 0 fully saturated rings. The molecule has 0 atom stereocenters. The van der Waals surface area contributed by atoms with E-state index in [0.717, 1.165) is 11.1 Å². The monoisotopic (exact) mass is 429 g/mol. The normalized spacial score (nSPS) is 10.4. The van der Waals surface area contributed by atoms with Crippen molar-refractivity contribution in [3.05, 3.63) is 93.5 Å². The summed E-state index contributed by atoms with van der Waals surface area (Å²) in [5.74, 6) is 0.854. The van der Waals surface area contributed by atoms with Crippen molar-refractivity contribution in [2.24, 2.45) is 0 Å². The lowest BCUT2D eigenvalue weighted by Crippen LogP contribution is -2.28. The van der Waals surface area contributed by atoms with E-state index in [1.165, 1.54) is 0 Å². The zero-order valence-electron chi connectivity index (χ0n) is 16.0. The lowest BCUT2D eigenvalue weighted by atomic mass is 10.2. The molecule has 0 heterocycles. The van der Waals surface area contributed by atoms with Crippen LogP contribution in [-0.4, -0.2) is 19.1 Å². The van der Waals surface area contributed by atoms with Crippen LogP contribution in [0.2, 0.25) is 10.0 Å². The van der Waals surface area contributed by atoms with E-state index in [0.29, 0.717) is 46.9 Å². The maximum Gasteiger partial charge on any atom is 0.255 e. The van der Waals surface area contributed by atoms with Gasteiger partial charge in [-0.1, -0.05) is 59.6 Å². The molecule has 0 bridgehead atoms. The number of hydrogen-bond donors (Lipinski definition) is 1. The summed E-state index contributed by atoms with van der Waals surface area (Å²) >= 11 is 12.2. The minimum atomic E-state index is -0.277. The second-order valence-corrected chi connectivity index (χ2v) is 7.27. The summed E-state index contributed by atoms with van der Waals surface area (Å²) in [5, 5.41) is 3.94. The van der Waals surface area contributed by atoms with Crippen LogP contribution in [0.4, 0.5) is 0 Å². The van der Waals surface area contributed by atoms with Crippen LogP contribution in [0.25, 0.3) is 0 Å². The fraction of sp³-hybridized carbons (Fsp3) is 0.174. The average molecular weight is 430 g/mol. The molecular weight excluding hydrogens is 409 g/mol. The Kier molecular flexibility index (Phi) is 7.39. The third-order valence-electron chi connectivity index (χ3n) is 4.22. The van der Waals surface area contributed by atoms with Crippen molar-refractivity contribution in [1.29, 1.82) is 0 Å². The van der Waals surface area contributed by atoms with Crippen molar-refractivity contribution < 1.29 is 14.3 Å². The molecular formula is C23H21Cl2NO3. The predicted octanol–water partition coefficient (Wildman–Crippen LogP) is 5.69. The van der Waals surface area contributed by atoms with Gasteiger partial charge >= 0.3 is 0 Å². The molecule has 0 unspecified atom stereocenters. The topological polar surface area (TPSA) is 47.6 Å². The average Bonchev–Trinajstić information content (AvgIpc) is 2.73. The molecule has 150 valence electrons. The van der Waals surface area contributed by atoms with Gasteiger partial charge in [0.1, 0.15) is 24.7 Å². The minimum Gasteiger partial charge on any atom is -0.492 e. The number of hydrogen-bond acceptors (Lipinski definition) is 3. The summed E-state index contributed by atoms with van der Waals surface area (Å²) in [5.41, 5.74) is 2.38. The van der Waals surface area contributed by atoms with Crippen LogP contribution >= 0.6 is 23.2 Å². The molecule has 0 aliphatic rings. The molecule has 0 radical (unpaired) electrons. The highest BCUT2D eigenvalue weighted by Crippen LogP contribution is 2.24. The fourth-order valence-electron chi connectivity index (χ4n) is 2.63. The number of rotatable bonds is 8. The molecule has 1 N–H and O–H groups in total. The van der Waals surface area contributed by atoms with Crippen molar-refractivity contribution in [2.45, 2.75) is 13.5 Å². The zero-order valence-corrected chi connectivity index (χ0v) is 17.5. The molecule has 0 aromatic heterocycles. The minimum absolute atomic E-state index is 0.277. The second-order valence-electron chi connectivity index (χ2n) is 6.43. The van der Waals surface area contributed by atoms with E-state index in [1.54, 1.807) is 24.3 Å². The van der Waals surface area contributed by atoms with Gasteiger partial charge in [0, 0.05) is 10.0 Å². The van der Waals surface area contributed by atoms with Gasteiger partial charge in [0.2, 0.25) is 0 Å². The molecule has 3 aromatic carbocycles. The van der Waals surface area contributed by atoms with Gasteiger partial charge in [-0.3, -0.25) is 4.79 Å². The van der Waals surface area contributed by atoms with Crippen LogP contribution in [0.3, 0.4) is 0 Å². The molecule has 3 aromatic rings. The van der Waals surface area contributed by atoms with Crippen LogP contribution in [0.5, 0.6) is 11.5 Å². The molecule has 29 heavy (non-hydrogen) atoms. The number of amides is 1. The highest BCUT2D eigenvalue weighted by molar-refractivity contribution is 6.31. The van der Waals surface area contributed by atoms with Crippen molar-refractivity contribution in [1.82, 2.24) is 5.32 Å². The van der Waals surface area contributed by atoms with Gasteiger partial charge in [0.25, 0.3) is 5.91 Å². The Morgan fingerprint density at radius 2 is 1.76 bits per heavy atom. The van der Waals surface area contributed by atoms with E-state index in [4.69, 9.17) is 32.7 Å². The lowest BCUT2D eigenvalue weighted by molar-refractivity contribution is 0.0942. The number of benzene rings is 3. The Hall–Kier alpha value is -2.69. The number of carbonyl (C=O) groups excluding carboxylic acids is 1. The largest absolute Gasteiger partial charge is 0.492 e. The summed E-state index contributed by atoms with van der Waals surface area (Å²) < 4.78 is 11.5. The first-order chi connectivity index (χ1) is 14.0. The quantitative estimate of drug-likeness (QED) is 0.467. The van der Waals surface area contributed by atoms with Gasteiger partial charge in [-0.15, -0.1) is 0 Å². The molecule has 1 amide bonds. The van der Waals surface area contributed by atoms with Gasteiger partial charge in [-0.25, -0.2) is 0 Å². The lowest BCUT2D eigenvalue weighted by Gasteiger charge is -2.13.